The first-order chi connectivity index (χ1) is 18.0. The molecule has 0 bridgehead atoms. The number of aromatic nitrogens is 3. The van der Waals surface area contributed by atoms with Gasteiger partial charge in [-0.05, 0) is 51.0 Å². The minimum Gasteiger partial charge on any atom is -0.481 e. The minimum absolute atomic E-state index is 0.0825. The second-order valence-electron chi connectivity index (χ2n) is 10.4. The van der Waals surface area contributed by atoms with Crippen molar-refractivity contribution in [3.63, 3.8) is 0 Å². The summed E-state index contributed by atoms with van der Waals surface area (Å²) < 4.78 is 29.0. The van der Waals surface area contributed by atoms with Crippen LogP contribution in [0.2, 0.25) is 0 Å². The van der Waals surface area contributed by atoms with Gasteiger partial charge in [0, 0.05) is 67.1 Å². The Morgan fingerprint density at radius 1 is 1.16 bits per heavy atom. The molecule has 0 spiro atoms. The van der Waals surface area contributed by atoms with E-state index in [0.29, 0.717) is 31.2 Å². The van der Waals surface area contributed by atoms with E-state index >= 15 is 0 Å². The van der Waals surface area contributed by atoms with Crippen molar-refractivity contribution in [3.05, 3.63) is 54.1 Å². The molecule has 1 fully saturated rings. The summed E-state index contributed by atoms with van der Waals surface area (Å²) in [6, 6.07) is 7.95. The number of carbonyl (C=O) groups excluding carboxylic acids is 1. The Kier molecular flexibility index (Phi) is 6.83. The van der Waals surface area contributed by atoms with Gasteiger partial charge in [0.25, 0.3) is 0 Å². The highest BCUT2D eigenvalue weighted by molar-refractivity contribution is 7.90. The Morgan fingerprint density at radius 3 is 2.71 bits per heavy atom. The van der Waals surface area contributed by atoms with Gasteiger partial charge in [-0.25, -0.2) is 18.4 Å². The van der Waals surface area contributed by atoms with E-state index < -0.39 is 15.4 Å². The summed E-state index contributed by atoms with van der Waals surface area (Å²) in [6.07, 6.45) is 7.84. The zero-order valence-electron chi connectivity index (χ0n) is 22.0. The third-order valence-corrected chi connectivity index (χ3v) is 7.72. The molecule has 2 aliphatic heterocycles. The van der Waals surface area contributed by atoms with Crippen molar-refractivity contribution in [2.75, 3.05) is 28.8 Å². The Balaban J connectivity index is 1.36. The molecular formula is C27H32N6O4S. The summed E-state index contributed by atoms with van der Waals surface area (Å²) >= 11 is 0. The molecule has 1 atom stereocenters. The highest BCUT2D eigenvalue weighted by Crippen LogP contribution is 2.46. The van der Waals surface area contributed by atoms with E-state index in [1.54, 1.807) is 18.6 Å². The highest BCUT2D eigenvalue weighted by Gasteiger charge is 2.36. The van der Waals surface area contributed by atoms with Gasteiger partial charge in [0.15, 0.2) is 0 Å². The van der Waals surface area contributed by atoms with E-state index in [1.165, 1.54) is 6.26 Å². The Morgan fingerprint density at radius 2 is 1.97 bits per heavy atom. The molecule has 1 saturated heterocycles. The first kappa shape index (κ1) is 26.1. The molecule has 200 valence electrons. The molecule has 11 heteroatoms. The van der Waals surface area contributed by atoms with Gasteiger partial charge >= 0.3 is 0 Å². The lowest BCUT2D eigenvalue weighted by molar-refractivity contribution is -0.117. The fourth-order valence-electron chi connectivity index (χ4n) is 4.89. The number of carbonyl (C=O) groups is 1. The lowest BCUT2D eigenvalue weighted by Crippen LogP contribution is -2.32. The number of sulfone groups is 1. The maximum Gasteiger partial charge on any atom is 0.227 e. The Bertz CT molecular complexity index is 1490. The van der Waals surface area contributed by atoms with Crippen LogP contribution in [0.4, 0.5) is 17.3 Å². The average molecular weight is 537 g/mol. The van der Waals surface area contributed by atoms with Crippen molar-refractivity contribution in [1.82, 2.24) is 20.3 Å². The predicted molar refractivity (Wildman–Crippen MR) is 146 cm³/mol. The van der Waals surface area contributed by atoms with Gasteiger partial charge in [0.2, 0.25) is 11.9 Å². The molecule has 2 aromatic heterocycles. The number of benzene rings is 1. The zero-order chi connectivity index (χ0) is 27.1. The molecule has 5 rings (SSSR count). The SMILES string of the molecule is C[C@@H]1CCC(=O)N1c1ccc2c(c1)OC(C)(C)c1nc(Nc3cncc(CNCCS(C)(=O)=O)c3)ncc1-2. The van der Waals surface area contributed by atoms with Crippen LogP contribution in [0.25, 0.3) is 11.1 Å². The second-order valence-corrected chi connectivity index (χ2v) is 12.7. The number of fused-ring (bicyclic) bond motifs is 3. The Labute approximate surface area is 222 Å². The van der Waals surface area contributed by atoms with Crippen molar-refractivity contribution in [3.8, 4) is 16.9 Å². The van der Waals surface area contributed by atoms with E-state index in [-0.39, 0.29) is 17.7 Å². The molecule has 10 nitrogen and oxygen atoms in total. The van der Waals surface area contributed by atoms with Crippen molar-refractivity contribution >= 4 is 33.1 Å². The number of ether oxygens (including phenoxy) is 1. The van der Waals surface area contributed by atoms with Gasteiger partial charge in [-0.1, -0.05) is 0 Å². The molecule has 0 saturated carbocycles. The first-order valence-electron chi connectivity index (χ1n) is 12.6. The summed E-state index contributed by atoms with van der Waals surface area (Å²) in [6.45, 7) is 6.85. The molecule has 1 amide bonds. The number of hydrogen-bond donors (Lipinski definition) is 2. The van der Waals surface area contributed by atoms with Crippen LogP contribution in [0.5, 0.6) is 5.75 Å². The number of pyridine rings is 1. The maximum atomic E-state index is 12.4. The number of hydrogen-bond acceptors (Lipinski definition) is 9. The fraction of sp³-hybridized carbons (Fsp3) is 0.407. The zero-order valence-corrected chi connectivity index (χ0v) is 22.8. The molecule has 0 unspecified atom stereocenters. The summed E-state index contributed by atoms with van der Waals surface area (Å²) in [5, 5.41) is 6.34. The van der Waals surface area contributed by atoms with Crippen LogP contribution in [0, 0.1) is 0 Å². The quantitative estimate of drug-likeness (QED) is 0.416. The molecule has 38 heavy (non-hydrogen) atoms. The monoisotopic (exact) mass is 536 g/mol. The third kappa shape index (κ3) is 5.48. The van der Waals surface area contributed by atoms with E-state index in [4.69, 9.17) is 9.72 Å². The summed E-state index contributed by atoms with van der Waals surface area (Å²) in [5.74, 6) is 1.34. The predicted octanol–water partition coefficient (Wildman–Crippen LogP) is 3.56. The lowest BCUT2D eigenvalue weighted by Gasteiger charge is -2.34. The largest absolute Gasteiger partial charge is 0.481 e. The van der Waals surface area contributed by atoms with E-state index in [9.17, 15) is 13.2 Å². The number of rotatable bonds is 8. The smallest absolute Gasteiger partial charge is 0.227 e. The highest BCUT2D eigenvalue weighted by atomic mass is 32.2. The van der Waals surface area contributed by atoms with Gasteiger partial charge in [0.05, 0.1) is 23.3 Å². The molecule has 2 N–H and O–H groups in total. The second kappa shape index (κ2) is 9.95. The van der Waals surface area contributed by atoms with E-state index in [1.807, 2.05) is 43.0 Å². The van der Waals surface area contributed by atoms with Gasteiger partial charge < -0.3 is 20.3 Å². The van der Waals surface area contributed by atoms with Crippen molar-refractivity contribution in [2.24, 2.45) is 0 Å². The van der Waals surface area contributed by atoms with Crippen LogP contribution in [0.1, 0.15) is 44.9 Å². The van der Waals surface area contributed by atoms with Crippen molar-refractivity contribution in [2.45, 2.75) is 51.8 Å². The van der Waals surface area contributed by atoms with Crippen molar-refractivity contribution in [1.29, 1.82) is 0 Å². The summed E-state index contributed by atoms with van der Waals surface area (Å²) in [4.78, 5) is 27.9. The van der Waals surface area contributed by atoms with Gasteiger partial charge in [0.1, 0.15) is 21.2 Å². The van der Waals surface area contributed by atoms with Gasteiger partial charge in [-0.3, -0.25) is 9.78 Å². The van der Waals surface area contributed by atoms with E-state index in [0.717, 1.165) is 40.2 Å². The summed E-state index contributed by atoms with van der Waals surface area (Å²) in [7, 11) is -3.01. The van der Waals surface area contributed by atoms with Gasteiger partial charge in [-0.15, -0.1) is 0 Å². The van der Waals surface area contributed by atoms with Crippen LogP contribution in [-0.2, 0) is 26.8 Å². The third-order valence-electron chi connectivity index (χ3n) is 6.77. The van der Waals surface area contributed by atoms with Crippen molar-refractivity contribution < 1.29 is 17.9 Å². The number of nitrogens with one attached hydrogen (secondary N) is 2. The molecule has 2 aliphatic rings. The van der Waals surface area contributed by atoms with Crippen LogP contribution in [0.15, 0.2) is 42.9 Å². The van der Waals surface area contributed by atoms with Crippen LogP contribution in [0.3, 0.4) is 0 Å². The van der Waals surface area contributed by atoms with Crippen LogP contribution in [-0.4, -0.2) is 53.9 Å². The summed E-state index contributed by atoms with van der Waals surface area (Å²) in [5.41, 5.74) is 4.28. The maximum absolute atomic E-state index is 12.4. The topological polar surface area (TPSA) is 126 Å². The number of nitrogens with zero attached hydrogens (tertiary/aromatic N) is 4. The average Bonchev–Trinajstić information content (AvgIpc) is 3.19. The lowest BCUT2D eigenvalue weighted by atomic mass is 9.91. The van der Waals surface area contributed by atoms with Crippen LogP contribution >= 0.6 is 0 Å². The molecular weight excluding hydrogens is 504 g/mol. The van der Waals surface area contributed by atoms with Gasteiger partial charge in [-0.2, -0.15) is 0 Å². The number of amides is 1. The minimum atomic E-state index is -3.01. The normalized spacial score (nSPS) is 18.1. The van der Waals surface area contributed by atoms with Crippen LogP contribution < -0.4 is 20.3 Å². The molecule has 4 heterocycles. The molecule has 0 aliphatic carbocycles. The molecule has 1 aromatic carbocycles. The standard InChI is InChI=1S/C27H32N6O4S/c1-17-5-8-24(34)33(17)20-6-7-21-22-16-30-26(32-25(22)27(2,3)37-23(21)12-20)31-19-11-18(14-29-15-19)13-28-9-10-38(4,35)36/h6-7,11-12,14-17,28H,5,8-10,13H2,1-4H3,(H,30,31,32)/t17-/m1/s1. The first-order valence-corrected chi connectivity index (χ1v) is 14.7. The molecule has 0 radical (unpaired) electrons. The number of anilines is 3. The van der Waals surface area contributed by atoms with E-state index in [2.05, 4.69) is 27.5 Å². The Hall–Kier alpha value is -3.57. The molecule has 3 aromatic rings. The fourth-order valence-corrected chi connectivity index (χ4v) is 5.40.